The van der Waals surface area contributed by atoms with Crippen LogP contribution in [0.5, 0.6) is 0 Å². The molecule has 2 aliphatic rings. The summed E-state index contributed by atoms with van der Waals surface area (Å²) in [6.07, 6.45) is 5.79. The van der Waals surface area contributed by atoms with Crippen molar-refractivity contribution in [2.45, 2.75) is 33.1 Å². The number of hydrogen-bond donors (Lipinski definition) is 0. The molecule has 72 valence electrons. The summed E-state index contributed by atoms with van der Waals surface area (Å²) in [5, 5.41) is 10.7. The van der Waals surface area contributed by atoms with Gasteiger partial charge in [-0.25, -0.2) is 0 Å². The fourth-order valence-corrected chi connectivity index (χ4v) is 2.24. The summed E-state index contributed by atoms with van der Waals surface area (Å²) < 4.78 is 0. The summed E-state index contributed by atoms with van der Waals surface area (Å²) in [5.74, 6) is -0.903. The fourth-order valence-electron chi connectivity index (χ4n) is 2.24. The topological polar surface area (TPSA) is 40.1 Å². The molecule has 0 heterocycles. The Balaban J connectivity index is 2.06. The molecular weight excluding hydrogens is 164 g/mol. The number of allylic oxidation sites excluding steroid dienone is 2. The molecule has 0 N–H and O–H groups in total. The number of carboxylic acids is 1. The zero-order chi connectivity index (χ0) is 9.64. The van der Waals surface area contributed by atoms with E-state index in [2.05, 4.69) is 6.08 Å². The lowest BCUT2D eigenvalue weighted by molar-refractivity contribution is -0.308. The van der Waals surface area contributed by atoms with Crippen molar-refractivity contribution >= 4 is 5.97 Å². The molecule has 2 unspecified atom stereocenters. The summed E-state index contributed by atoms with van der Waals surface area (Å²) in [7, 11) is 0. The van der Waals surface area contributed by atoms with Crippen molar-refractivity contribution in [2.24, 2.45) is 17.3 Å². The first-order chi connectivity index (χ1) is 6.03. The molecule has 0 aromatic heterocycles. The smallest absolute Gasteiger partial charge is 0.0456 e. The summed E-state index contributed by atoms with van der Waals surface area (Å²) >= 11 is 0. The van der Waals surface area contributed by atoms with E-state index in [1.54, 1.807) is 0 Å². The molecule has 2 fully saturated rings. The molecule has 0 aromatic rings. The van der Waals surface area contributed by atoms with Gasteiger partial charge in [0, 0.05) is 11.9 Å². The van der Waals surface area contributed by atoms with Crippen LogP contribution in [0.2, 0.25) is 0 Å². The van der Waals surface area contributed by atoms with Crippen LogP contribution in [-0.2, 0) is 4.79 Å². The Morgan fingerprint density at radius 3 is 2.46 bits per heavy atom. The first kappa shape index (κ1) is 8.79. The molecule has 0 aromatic carbocycles. The monoisotopic (exact) mass is 179 g/mol. The van der Waals surface area contributed by atoms with Gasteiger partial charge in [-0.15, -0.1) is 0 Å². The van der Waals surface area contributed by atoms with E-state index in [1.165, 1.54) is 24.8 Å². The van der Waals surface area contributed by atoms with Crippen LogP contribution in [0.1, 0.15) is 33.1 Å². The van der Waals surface area contributed by atoms with Crippen molar-refractivity contribution in [2.75, 3.05) is 0 Å². The van der Waals surface area contributed by atoms with Crippen LogP contribution in [-0.4, -0.2) is 5.97 Å². The third kappa shape index (κ3) is 1.28. The van der Waals surface area contributed by atoms with Gasteiger partial charge in [0.1, 0.15) is 0 Å². The van der Waals surface area contributed by atoms with Gasteiger partial charge in [-0.3, -0.25) is 0 Å². The number of aliphatic carboxylic acids is 1. The predicted molar refractivity (Wildman–Crippen MR) is 47.7 cm³/mol. The molecule has 2 aliphatic carbocycles. The van der Waals surface area contributed by atoms with Crippen LogP contribution in [0.4, 0.5) is 0 Å². The lowest BCUT2D eigenvalue weighted by Crippen LogP contribution is -2.26. The maximum atomic E-state index is 10.7. The van der Waals surface area contributed by atoms with E-state index in [1.807, 2.05) is 13.8 Å². The minimum Gasteiger partial charge on any atom is -0.550 e. The molecule has 0 radical (unpaired) electrons. The van der Waals surface area contributed by atoms with E-state index >= 15 is 0 Å². The highest BCUT2D eigenvalue weighted by Crippen LogP contribution is 2.59. The van der Waals surface area contributed by atoms with Crippen LogP contribution < -0.4 is 5.11 Å². The highest BCUT2D eigenvalue weighted by atomic mass is 16.4. The van der Waals surface area contributed by atoms with Gasteiger partial charge in [0.2, 0.25) is 0 Å². The summed E-state index contributed by atoms with van der Waals surface area (Å²) in [6.45, 7) is 4.02. The van der Waals surface area contributed by atoms with Crippen molar-refractivity contribution in [3.63, 3.8) is 0 Å². The standard InChI is InChI=1S/C11H16O2/c1-11(2)8(9(11)10(12)13)6-7-4-3-5-7/h6,8-9H,3-5H2,1-2H3,(H,12,13)/p-1. The minimum absolute atomic E-state index is 0.0680. The Morgan fingerprint density at radius 2 is 2.15 bits per heavy atom. The van der Waals surface area contributed by atoms with Crippen molar-refractivity contribution in [3.05, 3.63) is 11.6 Å². The molecule has 0 bridgehead atoms. The maximum Gasteiger partial charge on any atom is 0.0456 e. The Labute approximate surface area is 78.6 Å². The normalized spacial score (nSPS) is 35.1. The lowest BCUT2D eigenvalue weighted by Gasteiger charge is -2.16. The largest absolute Gasteiger partial charge is 0.550 e. The number of carboxylic acid groups (broad SMARTS) is 1. The number of carbonyl (C=O) groups is 1. The van der Waals surface area contributed by atoms with Crippen molar-refractivity contribution < 1.29 is 9.90 Å². The molecule has 2 saturated carbocycles. The van der Waals surface area contributed by atoms with E-state index in [4.69, 9.17) is 0 Å². The molecule has 2 nitrogen and oxygen atoms in total. The second kappa shape index (κ2) is 2.60. The van der Waals surface area contributed by atoms with Gasteiger partial charge in [0.05, 0.1) is 0 Å². The van der Waals surface area contributed by atoms with Gasteiger partial charge in [-0.05, 0) is 30.6 Å². The number of hydrogen-bond acceptors (Lipinski definition) is 2. The number of carbonyl (C=O) groups excluding carboxylic acids is 1. The van der Waals surface area contributed by atoms with Crippen LogP contribution in [0, 0.1) is 17.3 Å². The molecule has 2 heteroatoms. The predicted octanol–water partition coefficient (Wildman–Crippen LogP) is 1.12. The zero-order valence-electron chi connectivity index (χ0n) is 8.17. The first-order valence-electron chi connectivity index (χ1n) is 4.94. The molecule has 2 atom stereocenters. The lowest BCUT2D eigenvalue weighted by atomic mass is 9.90. The summed E-state index contributed by atoms with van der Waals surface area (Å²) in [5.41, 5.74) is 1.38. The Kier molecular flexibility index (Phi) is 1.76. The molecule has 13 heavy (non-hydrogen) atoms. The van der Waals surface area contributed by atoms with Gasteiger partial charge in [0.15, 0.2) is 0 Å². The highest BCUT2D eigenvalue weighted by Gasteiger charge is 2.57. The summed E-state index contributed by atoms with van der Waals surface area (Å²) in [4.78, 5) is 10.7. The third-order valence-electron chi connectivity index (χ3n) is 3.58. The number of rotatable bonds is 2. The Bertz CT molecular complexity index is 270. The van der Waals surface area contributed by atoms with E-state index in [-0.39, 0.29) is 17.3 Å². The van der Waals surface area contributed by atoms with Crippen LogP contribution in [0.3, 0.4) is 0 Å². The van der Waals surface area contributed by atoms with Gasteiger partial charge in [-0.1, -0.05) is 25.5 Å². The Morgan fingerprint density at radius 1 is 1.54 bits per heavy atom. The highest BCUT2D eigenvalue weighted by molar-refractivity contribution is 5.74. The first-order valence-corrected chi connectivity index (χ1v) is 4.94. The molecule has 0 aliphatic heterocycles. The van der Waals surface area contributed by atoms with E-state index in [0.717, 1.165) is 0 Å². The van der Waals surface area contributed by atoms with Gasteiger partial charge in [-0.2, -0.15) is 0 Å². The van der Waals surface area contributed by atoms with E-state index in [0.29, 0.717) is 0 Å². The maximum absolute atomic E-state index is 10.7. The molecular formula is C11H15O2-. The van der Waals surface area contributed by atoms with Crippen molar-refractivity contribution in [1.29, 1.82) is 0 Å². The third-order valence-corrected chi connectivity index (χ3v) is 3.58. The molecule has 2 rings (SSSR count). The molecule has 0 spiro atoms. The van der Waals surface area contributed by atoms with Gasteiger partial charge >= 0.3 is 0 Å². The van der Waals surface area contributed by atoms with Crippen molar-refractivity contribution in [1.82, 2.24) is 0 Å². The average molecular weight is 179 g/mol. The fraction of sp³-hybridized carbons (Fsp3) is 0.727. The Hall–Kier alpha value is -0.790. The minimum atomic E-state index is -0.883. The average Bonchev–Trinajstić information content (AvgIpc) is 2.44. The van der Waals surface area contributed by atoms with Crippen LogP contribution in [0.15, 0.2) is 11.6 Å². The van der Waals surface area contributed by atoms with E-state index in [9.17, 15) is 9.90 Å². The molecule has 0 saturated heterocycles. The second-order valence-electron chi connectivity index (χ2n) is 4.82. The van der Waals surface area contributed by atoms with Crippen LogP contribution >= 0.6 is 0 Å². The van der Waals surface area contributed by atoms with Crippen LogP contribution in [0.25, 0.3) is 0 Å². The van der Waals surface area contributed by atoms with Crippen molar-refractivity contribution in [3.8, 4) is 0 Å². The van der Waals surface area contributed by atoms with E-state index < -0.39 is 5.97 Å². The SMILES string of the molecule is CC1(C)C(C=C2CCC2)C1C(=O)[O-]. The quantitative estimate of drug-likeness (QED) is 0.596. The van der Waals surface area contributed by atoms with Gasteiger partial charge < -0.3 is 9.90 Å². The second-order valence-corrected chi connectivity index (χ2v) is 4.82. The molecule has 0 amide bonds. The summed E-state index contributed by atoms with van der Waals surface area (Å²) in [6, 6.07) is 0. The van der Waals surface area contributed by atoms with Gasteiger partial charge in [0.25, 0.3) is 0 Å². The zero-order valence-corrected chi connectivity index (χ0v) is 8.17.